The van der Waals surface area contributed by atoms with Crippen LogP contribution in [-0.4, -0.2) is 42.9 Å². The summed E-state index contributed by atoms with van der Waals surface area (Å²) in [5.41, 5.74) is 3.20. The van der Waals surface area contributed by atoms with Gasteiger partial charge in [-0.2, -0.15) is 0 Å². The second-order valence-corrected chi connectivity index (χ2v) is 7.14. The van der Waals surface area contributed by atoms with Gasteiger partial charge in [0.15, 0.2) is 0 Å². The third-order valence-electron chi connectivity index (χ3n) is 5.22. The molecule has 1 heterocycles. The Balaban J connectivity index is 1.82. The summed E-state index contributed by atoms with van der Waals surface area (Å²) in [4.78, 5) is 29.5. The summed E-state index contributed by atoms with van der Waals surface area (Å²) in [5.74, 6) is -0.211. The van der Waals surface area contributed by atoms with Gasteiger partial charge in [0.2, 0.25) is 5.91 Å². The normalized spacial score (nSPS) is 13.7. The Morgan fingerprint density at radius 1 is 1.03 bits per heavy atom. The standard InChI is InChI=1S/C24H29N3O2/c1-3-26(4-2)24(29)21-18-20(13-14-22(21)27-16-8-9-17-27)25-23(28)15-12-19-10-6-5-7-11-19/h5-7,10-15,18H,3-4,8-9,16-17H2,1-2H3,(H,25,28). The molecule has 2 amide bonds. The number of rotatable bonds is 7. The maximum absolute atomic E-state index is 13.1. The van der Waals surface area contributed by atoms with Crippen LogP contribution in [0.15, 0.2) is 54.6 Å². The quantitative estimate of drug-likeness (QED) is 0.711. The molecule has 5 nitrogen and oxygen atoms in total. The first-order valence-corrected chi connectivity index (χ1v) is 10.3. The number of anilines is 2. The highest BCUT2D eigenvalue weighted by Crippen LogP contribution is 2.28. The van der Waals surface area contributed by atoms with Gasteiger partial charge in [-0.1, -0.05) is 30.3 Å². The predicted molar refractivity (Wildman–Crippen MR) is 119 cm³/mol. The molecule has 2 aromatic rings. The Morgan fingerprint density at radius 2 is 1.72 bits per heavy atom. The topological polar surface area (TPSA) is 52.7 Å². The van der Waals surface area contributed by atoms with Crippen molar-refractivity contribution in [1.82, 2.24) is 4.90 Å². The maximum atomic E-state index is 13.1. The molecule has 152 valence electrons. The van der Waals surface area contributed by atoms with E-state index in [4.69, 9.17) is 0 Å². The van der Waals surface area contributed by atoms with Gasteiger partial charge < -0.3 is 15.1 Å². The molecule has 1 saturated heterocycles. The first-order chi connectivity index (χ1) is 14.1. The van der Waals surface area contributed by atoms with Crippen LogP contribution in [0.25, 0.3) is 6.08 Å². The summed E-state index contributed by atoms with van der Waals surface area (Å²) in [6, 6.07) is 15.3. The van der Waals surface area contributed by atoms with Crippen molar-refractivity contribution in [1.29, 1.82) is 0 Å². The number of amides is 2. The zero-order valence-corrected chi connectivity index (χ0v) is 17.2. The summed E-state index contributed by atoms with van der Waals surface area (Å²) < 4.78 is 0. The molecule has 0 aromatic heterocycles. The molecule has 0 unspecified atom stereocenters. The first kappa shape index (κ1) is 20.6. The van der Waals surface area contributed by atoms with Gasteiger partial charge in [0.1, 0.15) is 0 Å². The van der Waals surface area contributed by atoms with Gasteiger partial charge in [0.25, 0.3) is 5.91 Å². The molecule has 1 aliphatic heterocycles. The van der Waals surface area contributed by atoms with Gasteiger partial charge in [-0.25, -0.2) is 0 Å². The lowest BCUT2D eigenvalue weighted by molar-refractivity contribution is -0.111. The van der Waals surface area contributed by atoms with Gasteiger partial charge in [-0.05, 0) is 56.5 Å². The lowest BCUT2D eigenvalue weighted by atomic mass is 10.1. The van der Waals surface area contributed by atoms with Crippen molar-refractivity contribution >= 4 is 29.3 Å². The first-order valence-electron chi connectivity index (χ1n) is 10.3. The van der Waals surface area contributed by atoms with Crippen LogP contribution in [0.1, 0.15) is 42.6 Å². The summed E-state index contributed by atoms with van der Waals surface area (Å²) >= 11 is 0. The molecular weight excluding hydrogens is 362 g/mol. The van der Waals surface area contributed by atoms with E-state index in [-0.39, 0.29) is 11.8 Å². The Labute approximate surface area is 173 Å². The second kappa shape index (κ2) is 9.92. The summed E-state index contributed by atoms with van der Waals surface area (Å²) in [5, 5.41) is 2.89. The van der Waals surface area contributed by atoms with E-state index in [1.54, 1.807) is 6.08 Å². The zero-order valence-electron chi connectivity index (χ0n) is 17.2. The van der Waals surface area contributed by atoms with Crippen molar-refractivity contribution < 1.29 is 9.59 Å². The number of nitrogens with zero attached hydrogens (tertiary/aromatic N) is 2. The molecule has 29 heavy (non-hydrogen) atoms. The fourth-order valence-electron chi connectivity index (χ4n) is 3.62. The van der Waals surface area contributed by atoms with Crippen LogP contribution in [0, 0.1) is 0 Å². The lowest BCUT2D eigenvalue weighted by Crippen LogP contribution is -2.32. The summed E-state index contributed by atoms with van der Waals surface area (Å²) in [6.07, 6.45) is 5.56. The number of hydrogen-bond donors (Lipinski definition) is 1. The van der Waals surface area contributed by atoms with E-state index < -0.39 is 0 Å². The van der Waals surface area contributed by atoms with Crippen LogP contribution in [0.2, 0.25) is 0 Å². The number of carbonyl (C=O) groups excluding carboxylic acids is 2. The van der Waals surface area contributed by atoms with E-state index in [0.29, 0.717) is 24.3 Å². The van der Waals surface area contributed by atoms with Crippen molar-refractivity contribution in [3.05, 3.63) is 65.7 Å². The van der Waals surface area contributed by atoms with Gasteiger partial charge in [0, 0.05) is 43.6 Å². The highest BCUT2D eigenvalue weighted by atomic mass is 16.2. The van der Waals surface area contributed by atoms with Gasteiger partial charge >= 0.3 is 0 Å². The third-order valence-corrected chi connectivity index (χ3v) is 5.22. The van der Waals surface area contributed by atoms with Gasteiger partial charge in [0.05, 0.1) is 5.56 Å². The molecule has 0 spiro atoms. The smallest absolute Gasteiger partial charge is 0.256 e. The number of carbonyl (C=O) groups is 2. The minimum absolute atomic E-state index is 0.00725. The number of nitrogens with one attached hydrogen (secondary N) is 1. The van der Waals surface area contributed by atoms with Crippen LogP contribution in [0.5, 0.6) is 0 Å². The fraction of sp³-hybridized carbons (Fsp3) is 0.333. The van der Waals surface area contributed by atoms with E-state index in [1.807, 2.05) is 67.3 Å². The average Bonchev–Trinajstić information content (AvgIpc) is 3.28. The minimum atomic E-state index is -0.219. The number of benzene rings is 2. The monoisotopic (exact) mass is 391 g/mol. The molecule has 0 saturated carbocycles. The third kappa shape index (κ3) is 5.25. The van der Waals surface area contributed by atoms with E-state index in [2.05, 4.69) is 10.2 Å². The average molecular weight is 392 g/mol. The van der Waals surface area contributed by atoms with Gasteiger partial charge in [-0.3, -0.25) is 9.59 Å². The van der Waals surface area contributed by atoms with E-state index in [0.717, 1.165) is 37.2 Å². The summed E-state index contributed by atoms with van der Waals surface area (Å²) in [7, 11) is 0. The molecule has 3 rings (SSSR count). The van der Waals surface area contributed by atoms with E-state index in [1.165, 1.54) is 6.08 Å². The molecule has 2 aromatic carbocycles. The minimum Gasteiger partial charge on any atom is -0.371 e. The molecule has 1 aliphatic rings. The predicted octanol–water partition coefficient (Wildman–Crippen LogP) is 4.42. The van der Waals surface area contributed by atoms with E-state index >= 15 is 0 Å². The molecule has 0 radical (unpaired) electrons. The molecule has 0 aliphatic carbocycles. The van der Waals surface area contributed by atoms with Crippen molar-refractivity contribution in [2.75, 3.05) is 36.4 Å². The molecule has 5 heteroatoms. The number of hydrogen-bond acceptors (Lipinski definition) is 3. The Hall–Kier alpha value is -3.08. The van der Waals surface area contributed by atoms with Crippen molar-refractivity contribution in [2.24, 2.45) is 0 Å². The molecule has 1 fully saturated rings. The summed E-state index contributed by atoms with van der Waals surface area (Å²) in [6.45, 7) is 7.21. The highest BCUT2D eigenvalue weighted by molar-refractivity contribution is 6.05. The fourth-order valence-corrected chi connectivity index (χ4v) is 3.62. The largest absolute Gasteiger partial charge is 0.371 e. The van der Waals surface area contributed by atoms with Crippen molar-refractivity contribution in [3.8, 4) is 0 Å². The zero-order chi connectivity index (χ0) is 20.6. The second-order valence-electron chi connectivity index (χ2n) is 7.14. The Kier molecular flexibility index (Phi) is 7.06. The SMILES string of the molecule is CCN(CC)C(=O)c1cc(NC(=O)C=Cc2ccccc2)ccc1N1CCCC1. The Morgan fingerprint density at radius 3 is 2.38 bits per heavy atom. The maximum Gasteiger partial charge on any atom is 0.256 e. The molecule has 1 N–H and O–H groups in total. The van der Waals surface area contributed by atoms with Crippen LogP contribution < -0.4 is 10.2 Å². The van der Waals surface area contributed by atoms with Crippen LogP contribution >= 0.6 is 0 Å². The molecule has 0 bridgehead atoms. The molecule has 0 atom stereocenters. The van der Waals surface area contributed by atoms with Crippen LogP contribution in [0.3, 0.4) is 0 Å². The van der Waals surface area contributed by atoms with Crippen LogP contribution in [0.4, 0.5) is 11.4 Å². The lowest BCUT2D eigenvalue weighted by Gasteiger charge is -2.25. The van der Waals surface area contributed by atoms with Gasteiger partial charge in [-0.15, -0.1) is 0 Å². The molecular formula is C24H29N3O2. The van der Waals surface area contributed by atoms with Crippen molar-refractivity contribution in [2.45, 2.75) is 26.7 Å². The highest BCUT2D eigenvalue weighted by Gasteiger charge is 2.22. The van der Waals surface area contributed by atoms with E-state index in [9.17, 15) is 9.59 Å². The Bertz CT molecular complexity index is 867. The van der Waals surface area contributed by atoms with Crippen LogP contribution in [-0.2, 0) is 4.79 Å². The van der Waals surface area contributed by atoms with Crippen molar-refractivity contribution in [3.63, 3.8) is 0 Å².